The highest BCUT2D eigenvalue weighted by Gasteiger charge is 2.18. The van der Waals surface area contributed by atoms with Crippen molar-refractivity contribution in [3.63, 3.8) is 0 Å². The van der Waals surface area contributed by atoms with Gasteiger partial charge in [-0.25, -0.2) is 0 Å². The minimum atomic E-state index is 0.976. The summed E-state index contributed by atoms with van der Waals surface area (Å²) in [5.41, 5.74) is 0. The largest absolute Gasteiger partial charge is 0.179 e. The van der Waals surface area contributed by atoms with Crippen molar-refractivity contribution >= 4 is 24.4 Å². The van der Waals surface area contributed by atoms with Gasteiger partial charge in [0.2, 0.25) is 0 Å². The number of hydrogen-bond donors (Lipinski definition) is 1. The van der Waals surface area contributed by atoms with Gasteiger partial charge in [-0.05, 0) is 43.1 Å². The Hall–Kier alpha value is 0.700. The Kier molecular flexibility index (Phi) is 6.39. The Bertz CT molecular complexity index is 125. The lowest BCUT2D eigenvalue weighted by Crippen LogP contribution is -2.15. The van der Waals surface area contributed by atoms with Crippen molar-refractivity contribution in [3.05, 3.63) is 0 Å². The Morgan fingerprint density at radius 3 is 2.85 bits per heavy atom. The highest BCUT2D eigenvalue weighted by molar-refractivity contribution is 7.99. The summed E-state index contributed by atoms with van der Waals surface area (Å²) in [6, 6.07) is 0. The molecule has 0 radical (unpaired) electrons. The van der Waals surface area contributed by atoms with E-state index in [0.717, 1.165) is 16.9 Å². The molecule has 1 aliphatic carbocycles. The minimum absolute atomic E-state index is 0.976. The molecule has 0 nitrogen and oxygen atoms in total. The van der Waals surface area contributed by atoms with Gasteiger partial charge in [-0.2, -0.15) is 24.4 Å². The standard InChI is InChI=1S/C11H22S2/c1-10-5-4-6-11(9-10)13-8-3-2-7-12/h10-12H,2-9H2,1H3. The molecule has 2 unspecified atom stereocenters. The second-order valence-electron chi connectivity index (χ2n) is 4.20. The molecule has 78 valence electrons. The van der Waals surface area contributed by atoms with Crippen molar-refractivity contribution < 1.29 is 0 Å². The first-order chi connectivity index (χ1) is 6.33. The van der Waals surface area contributed by atoms with Crippen molar-refractivity contribution in [3.8, 4) is 0 Å². The summed E-state index contributed by atoms with van der Waals surface area (Å²) in [5, 5.41) is 0.976. The SMILES string of the molecule is CC1CCCC(SCCCCS)C1. The van der Waals surface area contributed by atoms with Gasteiger partial charge in [0.15, 0.2) is 0 Å². The number of hydrogen-bond acceptors (Lipinski definition) is 2. The van der Waals surface area contributed by atoms with E-state index < -0.39 is 0 Å². The second kappa shape index (κ2) is 7.05. The maximum Gasteiger partial charge on any atom is 0.00495 e. The molecule has 2 heteroatoms. The molecular formula is C11H22S2. The van der Waals surface area contributed by atoms with Crippen molar-refractivity contribution in [2.75, 3.05) is 11.5 Å². The average Bonchev–Trinajstić information content (AvgIpc) is 2.13. The smallest absolute Gasteiger partial charge is 0.00495 e. The molecule has 2 atom stereocenters. The summed E-state index contributed by atoms with van der Waals surface area (Å²) in [4.78, 5) is 0. The summed E-state index contributed by atoms with van der Waals surface area (Å²) in [7, 11) is 0. The Morgan fingerprint density at radius 2 is 2.15 bits per heavy atom. The lowest BCUT2D eigenvalue weighted by Gasteiger charge is -2.26. The molecular weight excluding hydrogens is 196 g/mol. The summed E-state index contributed by atoms with van der Waals surface area (Å²) < 4.78 is 0. The molecule has 1 rings (SSSR count). The predicted octanol–water partition coefficient (Wildman–Crippen LogP) is 4.01. The van der Waals surface area contributed by atoms with E-state index >= 15 is 0 Å². The molecule has 1 fully saturated rings. The third-order valence-electron chi connectivity index (χ3n) is 2.79. The van der Waals surface area contributed by atoms with E-state index in [1.807, 2.05) is 0 Å². The monoisotopic (exact) mass is 218 g/mol. The van der Waals surface area contributed by atoms with Gasteiger partial charge in [-0.15, -0.1) is 0 Å². The van der Waals surface area contributed by atoms with Crippen LogP contribution in [0.5, 0.6) is 0 Å². The van der Waals surface area contributed by atoms with Gasteiger partial charge in [0.1, 0.15) is 0 Å². The van der Waals surface area contributed by atoms with Crippen molar-refractivity contribution in [2.24, 2.45) is 5.92 Å². The van der Waals surface area contributed by atoms with Gasteiger partial charge in [0, 0.05) is 5.25 Å². The summed E-state index contributed by atoms with van der Waals surface area (Å²) in [6.07, 6.45) is 8.51. The first-order valence-electron chi connectivity index (χ1n) is 5.55. The van der Waals surface area contributed by atoms with E-state index in [9.17, 15) is 0 Å². The highest BCUT2D eigenvalue weighted by atomic mass is 32.2. The van der Waals surface area contributed by atoms with E-state index in [2.05, 4.69) is 31.3 Å². The van der Waals surface area contributed by atoms with E-state index in [1.54, 1.807) is 0 Å². The van der Waals surface area contributed by atoms with Gasteiger partial charge >= 0.3 is 0 Å². The van der Waals surface area contributed by atoms with Crippen LogP contribution in [0.25, 0.3) is 0 Å². The van der Waals surface area contributed by atoms with E-state index in [4.69, 9.17) is 0 Å². The van der Waals surface area contributed by atoms with Crippen LogP contribution in [0.3, 0.4) is 0 Å². The van der Waals surface area contributed by atoms with Gasteiger partial charge < -0.3 is 0 Å². The number of thioether (sulfide) groups is 1. The topological polar surface area (TPSA) is 0 Å². The first kappa shape index (κ1) is 11.8. The predicted molar refractivity (Wildman–Crippen MR) is 67.0 cm³/mol. The van der Waals surface area contributed by atoms with Crippen LogP contribution in [-0.4, -0.2) is 16.8 Å². The summed E-state index contributed by atoms with van der Waals surface area (Å²) in [5.74, 6) is 3.40. The van der Waals surface area contributed by atoms with Gasteiger partial charge in [-0.3, -0.25) is 0 Å². The van der Waals surface area contributed by atoms with Gasteiger partial charge in [0.05, 0.1) is 0 Å². The Balaban J connectivity index is 2.00. The minimum Gasteiger partial charge on any atom is -0.179 e. The van der Waals surface area contributed by atoms with E-state index in [0.29, 0.717) is 0 Å². The third-order valence-corrected chi connectivity index (χ3v) is 4.53. The normalized spacial score (nSPS) is 29.1. The lowest BCUT2D eigenvalue weighted by molar-refractivity contribution is 0.394. The fraction of sp³-hybridized carbons (Fsp3) is 1.00. The molecule has 0 N–H and O–H groups in total. The van der Waals surface area contributed by atoms with Crippen LogP contribution in [0.1, 0.15) is 45.4 Å². The van der Waals surface area contributed by atoms with Gasteiger partial charge in [0.25, 0.3) is 0 Å². The highest BCUT2D eigenvalue weighted by Crippen LogP contribution is 2.32. The number of unbranched alkanes of at least 4 members (excludes halogenated alkanes) is 1. The quantitative estimate of drug-likeness (QED) is 0.537. The molecule has 0 saturated heterocycles. The zero-order chi connectivity index (χ0) is 9.52. The Morgan fingerprint density at radius 1 is 1.31 bits per heavy atom. The molecule has 0 aromatic heterocycles. The first-order valence-corrected chi connectivity index (χ1v) is 7.23. The zero-order valence-corrected chi connectivity index (χ0v) is 10.4. The zero-order valence-electron chi connectivity index (χ0n) is 8.67. The molecule has 13 heavy (non-hydrogen) atoms. The van der Waals surface area contributed by atoms with Crippen LogP contribution >= 0.6 is 24.4 Å². The van der Waals surface area contributed by atoms with Crippen LogP contribution in [-0.2, 0) is 0 Å². The van der Waals surface area contributed by atoms with Crippen molar-refractivity contribution in [1.29, 1.82) is 0 Å². The molecule has 0 spiro atoms. The fourth-order valence-electron chi connectivity index (χ4n) is 1.99. The van der Waals surface area contributed by atoms with Crippen LogP contribution in [0.4, 0.5) is 0 Å². The summed E-state index contributed by atoms with van der Waals surface area (Å²) in [6.45, 7) is 2.40. The van der Waals surface area contributed by atoms with E-state index in [-0.39, 0.29) is 0 Å². The Labute approximate surface area is 92.7 Å². The molecule has 0 aliphatic heterocycles. The van der Waals surface area contributed by atoms with E-state index in [1.165, 1.54) is 44.3 Å². The second-order valence-corrected chi connectivity index (χ2v) is 6.05. The molecule has 0 amide bonds. The third kappa shape index (κ3) is 5.21. The number of thiol groups is 1. The van der Waals surface area contributed by atoms with Crippen molar-refractivity contribution in [2.45, 2.75) is 50.7 Å². The molecule has 1 saturated carbocycles. The van der Waals surface area contributed by atoms with Crippen LogP contribution in [0, 0.1) is 5.92 Å². The van der Waals surface area contributed by atoms with Crippen LogP contribution in [0.15, 0.2) is 0 Å². The fourth-order valence-corrected chi connectivity index (χ4v) is 3.72. The molecule has 0 bridgehead atoms. The molecule has 0 heterocycles. The molecule has 0 aromatic rings. The van der Waals surface area contributed by atoms with Crippen LogP contribution < -0.4 is 0 Å². The summed E-state index contributed by atoms with van der Waals surface area (Å²) >= 11 is 6.43. The maximum atomic E-state index is 4.23. The van der Waals surface area contributed by atoms with Gasteiger partial charge in [-0.1, -0.05) is 19.8 Å². The number of rotatable bonds is 5. The lowest BCUT2D eigenvalue weighted by atomic mass is 9.91. The molecule has 1 aliphatic rings. The molecule has 0 aromatic carbocycles. The van der Waals surface area contributed by atoms with Crippen molar-refractivity contribution in [1.82, 2.24) is 0 Å². The maximum absolute atomic E-state index is 4.23. The van der Waals surface area contributed by atoms with Crippen LogP contribution in [0.2, 0.25) is 0 Å². The average molecular weight is 218 g/mol.